The van der Waals surface area contributed by atoms with E-state index in [1.807, 2.05) is 6.07 Å². The van der Waals surface area contributed by atoms with Crippen LogP contribution in [0.3, 0.4) is 0 Å². The molecule has 0 unspecified atom stereocenters. The van der Waals surface area contributed by atoms with Crippen molar-refractivity contribution in [1.82, 2.24) is 5.32 Å². The van der Waals surface area contributed by atoms with Crippen molar-refractivity contribution in [2.24, 2.45) is 0 Å². The monoisotopic (exact) mass is 340 g/mol. The minimum absolute atomic E-state index is 0.244. The van der Waals surface area contributed by atoms with Crippen molar-refractivity contribution in [1.29, 1.82) is 0 Å². The van der Waals surface area contributed by atoms with Crippen LogP contribution >= 0.6 is 15.9 Å². The van der Waals surface area contributed by atoms with Gasteiger partial charge in [0.05, 0.1) is 12.8 Å². The number of hydrogen-bond acceptors (Lipinski definition) is 5. The van der Waals surface area contributed by atoms with Crippen LogP contribution < -0.4 is 15.4 Å². The van der Waals surface area contributed by atoms with Crippen LogP contribution in [-0.4, -0.2) is 37.2 Å². The highest BCUT2D eigenvalue weighted by atomic mass is 79.9. The van der Waals surface area contributed by atoms with Crippen LogP contribution in [0.25, 0.3) is 0 Å². The lowest BCUT2D eigenvalue weighted by Gasteiger charge is -2.33. The summed E-state index contributed by atoms with van der Waals surface area (Å²) in [6.07, 6.45) is 0.247. The van der Waals surface area contributed by atoms with Gasteiger partial charge < -0.3 is 14.8 Å². The summed E-state index contributed by atoms with van der Waals surface area (Å²) >= 11 is 3.37. The first-order chi connectivity index (χ1) is 9.54. The second-order valence-electron chi connectivity index (χ2n) is 4.85. The molecule has 0 aliphatic carbocycles. The number of benzene rings is 1. The van der Waals surface area contributed by atoms with E-state index >= 15 is 0 Å². The lowest BCUT2D eigenvalue weighted by molar-refractivity contribution is -0.143. The molecule has 1 spiro atoms. The molecule has 0 aromatic heterocycles. The van der Waals surface area contributed by atoms with Gasteiger partial charge in [0.15, 0.2) is 0 Å². The van der Waals surface area contributed by atoms with E-state index in [0.29, 0.717) is 11.4 Å². The maximum absolute atomic E-state index is 12.3. The van der Waals surface area contributed by atoms with Gasteiger partial charge >= 0.3 is 5.97 Å². The third-order valence-electron chi connectivity index (χ3n) is 3.56. The number of amides is 1. The quantitative estimate of drug-likeness (QED) is 0.747. The number of methoxy groups -OCH3 is 1. The van der Waals surface area contributed by atoms with Gasteiger partial charge in [-0.1, -0.05) is 15.9 Å². The predicted molar refractivity (Wildman–Crippen MR) is 74.6 cm³/mol. The summed E-state index contributed by atoms with van der Waals surface area (Å²) in [5, 5.41) is 5.79. The molecular formula is C13H13BrN2O4. The highest BCUT2D eigenvalue weighted by Gasteiger charge is 2.52. The first-order valence-electron chi connectivity index (χ1n) is 6.15. The Morgan fingerprint density at radius 2 is 2.35 bits per heavy atom. The number of ether oxygens (including phenoxy) is 2. The molecule has 2 atom stereocenters. The van der Waals surface area contributed by atoms with Crippen molar-refractivity contribution in [2.45, 2.75) is 18.1 Å². The molecule has 3 rings (SSSR count). The van der Waals surface area contributed by atoms with Crippen molar-refractivity contribution >= 4 is 33.5 Å². The number of halogens is 1. The molecule has 2 aliphatic rings. The Morgan fingerprint density at radius 3 is 3.10 bits per heavy atom. The molecule has 1 amide bonds. The van der Waals surface area contributed by atoms with E-state index in [1.165, 1.54) is 7.11 Å². The number of anilines is 1. The zero-order valence-electron chi connectivity index (χ0n) is 10.7. The SMILES string of the molecule is COC(=O)[C@@H]1C[C@]2(CN1)Oc1cc(Br)ccc1NC2=O. The molecule has 0 saturated carbocycles. The van der Waals surface area contributed by atoms with E-state index in [4.69, 9.17) is 9.47 Å². The molecule has 0 radical (unpaired) electrons. The van der Waals surface area contributed by atoms with Crippen molar-refractivity contribution in [3.63, 3.8) is 0 Å². The van der Waals surface area contributed by atoms with Crippen LogP contribution in [-0.2, 0) is 14.3 Å². The number of esters is 1. The van der Waals surface area contributed by atoms with Crippen LogP contribution in [0.15, 0.2) is 22.7 Å². The Morgan fingerprint density at radius 1 is 1.55 bits per heavy atom. The number of rotatable bonds is 1. The van der Waals surface area contributed by atoms with Gasteiger partial charge in [-0.05, 0) is 18.2 Å². The Hall–Kier alpha value is -1.60. The topological polar surface area (TPSA) is 76.7 Å². The van der Waals surface area contributed by atoms with E-state index in [1.54, 1.807) is 12.1 Å². The van der Waals surface area contributed by atoms with Gasteiger partial charge in [0.2, 0.25) is 5.60 Å². The molecule has 1 aromatic carbocycles. The van der Waals surface area contributed by atoms with Crippen LogP contribution in [0, 0.1) is 0 Å². The second-order valence-corrected chi connectivity index (χ2v) is 5.77. The Kier molecular flexibility index (Phi) is 3.18. The fraction of sp³-hybridized carbons (Fsp3) is 0.385. The molecule has 2 N–H and O–H groups in total. The smallest absolute Gasteiger partial charge is 0.323 e. The van der Waals surface area contributed by atoms with E-state index in [9.17, 15) is 9.59 Å². The minimum atomic E-state index is -1.06. The van der Waals surface area contributed by atoms with Gasteiger partial charge in [-0.3, -0.25) is 14.9 Å². The van der Waals surface area contributed by atoms with E-state index < -0.39 is 17.6 Å². The molecule has 7 heteroatoms. The zero-order chi connectivity index (χ0) is 14.3. The van der Waals surface area contributed by atoms with Crippen molar-refractivity contribution in [2.75, 3.05) is 19.0 Å². The molecule has 20 heavy (non-hydrogen) atoms. The standard InChI is InChI=1S/C13H13BrN2O4/c1-19-11(17)9-5-13(6-15-9)12(18)16-8-3-2-7(14)4-10(8)20-13/h2-4,9,15H,5-6H2,1H3,(H,16,18)/t9-,13+/m0/s1. The maximum Gasteiger partial charge on any atom is 0.323 e. The van der Waals surface area contributed by atoms with E-state index in [-0.39, 0.29) is 18.9 Å². The molecule has 106 valence electrons. The molecule has 1 fully saturated rings. The van der Waals surface area contributed by atoms with E-state index in [0.717, 1.165) is 4.47 Å². The highest BCUT2D eigenvalue weighted by molar-refractivity contribution is 9.10. The number of carbonyl (C=O) groups excluding carboxylic acids is 2. The Labute approximate surface area is 123 Å². The lowest BCUT2D eigenvalue weighted by Crippen LogP contribution is -2.52. The van der Waals surface area contributed by atoms with Crippen LogP contribution in [0.5, 0.6) is 5.75 Å². The molecule has 0 bridgehead atoms. The highest BCUT2D eigenvalue weighted by Crippen LogP contribution is 2.39. The number of carbonyl (C=O) groups is 2. The minimum Gasteiger partial charge on any atom is -0.474 e. The third-order valence-corrected chi connectivity index (χ3v) is 4.06. The van der Waals surface area contributed by atoms with Gasteiger partial charge in [0.1, 0.15) is 11.8 Å². The summed E-state index contributed by atoms with van der Waals surface area (Å²) < 4.78 is 11.4. The summed E-state index contributed by atoms with van der Waals surface area (Å²) in [7, 11) is 1.32. The first-order valence-corrected chi connectivity index (χ1v) is 6.95. The van der Waals surface area contributed by atoms with Crippen molar-refractivity contribution < 1.29 is 19.1 Å². The largest absolute Gasteiger partial charge is 0.474 e. The average molecular weight is 341 g/mol. The average Bonchev–Trinajstić information content (AvgIpc) is 2.85. The molecule has 1 saturated heterocycles. The normalized spacial score (nSPS) is 27.7. The summed E-state index contributed by atoms with van der Waals surface area (Å²) in [6.45, 7) is 0.268. The fourth-order valence-corrected chi connectivity index (χ4v) is 2.84. The summed E-state index contributed by atoms with van der Waals surface area (Å²) in [5.41, 5.74) is -0.433. The molecule has 2 heterocycles. The van der Waals surface area contributed by atoms with Gasteiger partial charge in [0.25, 0.3) is 5.91 Å². The Bertz CT molecular complexity index is 592. The first kappa shape index (κ1) is 13.4. The van der Waals surface area contributed by atoms with Crippen molar-refractivity contribution in [3.05, 3.63) is 22.7 Å². The number of hydrogen-bond donors (Lipinski definition) is 2. The maximum atomic E-state index is 12.3. The number of nitrogens with one attached hydrogen (secondary N) is 2. The third kappa shape index (κ3) is 2.06. The van der Waals surface area contributed by atoms with Gasteiger partial charge in [-0.25, -0.2) is 0 Å². The van der Waals surface area contributed by atoms with Gasteiger partial charge in [-0.15, -0.1) is 0 Å². The molecule has 2 aliphatic heterocycles. The number of fused-ring (bicyclic) bond motifs is 1. The zero-order valence-corrected chi connectivity index (χ0v) is 12.3. The Balaban J connectivity index is 1.89. The lowest BCUT2D eigenvalue weighted by atomic mass is 9.96. The predicted octanol–water partition coefficient (Wildman–Crippen LogP) is 1.05. The summed E-state index contributed by atoms with van der Waals surface area (Å²) in [4.78, 5) is 23.8. The molecular weight excluding hydrogens is 328 g/mol. The van der Waals surface area contributed by atoms with E-state index in [2.05, 4.69) is 26.6 Å². The van der Waals surface area contributed by atoms with Gasteiger partial charge in [-0.2, -0.15) is 0 Å². The molecule has 6 nitrogen and oxygen atoms in total. The summed E-state index contributed by atoms with van der Waals surface area (Å²) in [5.74, 6) is -0.0455. The second kappa shape index (κ2) is 4.75. The summed E-state index contributed by atoms with van der Waals surface area (Å²) in [6, 6.07) is 4.86. The van der Waals surface area contributed by atoms with Crippen LogP contribution in [0.1, 0.15) is 6.42 Å². The van der Waals surface area contributed by atoms with Crippen molar-refractivity contribution in [3.8, 4) is 5.75 Å². The fourth-order valence-electron chi connectivity index (χ4n) is 2.50. The van der Waals surface area contributed by atoms with Gasteiger partial charge in [0, 0.05) is 17.4 Å². The van der Waals surface area contributed by atoms with Crippen LogP contribution in [0.4, 0.5) is 5.69 Å². The van der Waals surface area contributed by atoms with Crippen LogP contribution in [0.2, 0.25) is 0 Å². The molecule has 1 aromatic rings.